The van der Waals surface area contributed by atoms with Crippen LogP contribution < -0.4 is 5.73 Å². The Labute approximate surface area is 150 Å². The summed E-state index contributed by atoms with van der Waals surface area (Å²) in [5.41, 5.74) is 7.73. The maximum absolute atomic E-state index is 11.1. The Hall–Kier alpha value is -2.54. The number of aromatic nitrogens is 3. The van der Waals surface area contributed by atoms with Crippen molar-refractivity contribution in [3.8, 4) is 0 Å². The number of primary amides is 1. The van der Waals surface area contributed by atoms with Crippen molar-refractivity contribution < 1.29 is 9.21 Å². The van der Waals surface area contributed by atoms with Gasteiger partial charge in [-0.15, -0.1) is 10.2 Å². The molecule has 3 rings (SSSR count). The minimum atomic E-state index is -0.346. The van der Waals surface area contributed by atoms with Crippen LogP contribution in [0.3, 0.4) is 0 Å². The summed E-state index contributed by atoms with van der Waals surface area (Å²) in [6.07, 6.45) is 2.36. The highest BCUT2D eigenvalue weighted by atomic mass is 32.2. The van der Waals surface area contributed by atoms with Crippen LogP contribution in [0.2, 0.25) is 0 Å². The molecule has 0 aliphatic carbocycles. The van der Waals surface area contributed by atoms with Crippen LogP contribution in [0, 0.1) is 6.92 Å². The number of rotatable bonds is 8. The van der Waals surface area contributed by atoms with Crippen molar-refractivity contribution in [1.82, 2.24) is 14.8 Å². The number of nitrogens with two attached hydrogens (primary N) is 1. The summed E-state index contributed by atoms with van der Waals surface area (Å²) >= 11 is 1.62. The summed E-state index contributed by atoms with van der Waals surface area (Å²) < 4.78 is 7.43. The van der Waals surface area contributed by atoms with E-state index in [2.05, 4.69) is 41.4 Å². The first-order valence-electron chi connectivity index (χ1n) is 8.03. The predicted octanol–water partition coefficient (Wildman–Crippen LogP) is 2.94. The third-order valence-electron chi connectivity index (χ3n) is 3.73. The van der Waals surface area contributed by atoms with Crippen molar-refractivity contribution in [3.63, 3.8) is 0 Å². The van der Waals surface area contributed by atoms with E-state index in [1.807, 2.05) is 16.7 Å². The topological polar surface area (TPSA) is 86.9 Å². The minimum absolute atomic E-state index is 0.249. The first kappa shape index (κ1) is 17.3. The number of nitrogens with zero attached hydrogens (tertiary/aromatic N) is 3. The van der Waals surface area contributed by atoms with Gasteiger partial charge in [-0.1, -0.05) is 41.6 Å². The lowest BCUT2D eigenvalue weighted by molar-refractivity contribution is -0.118. The van der Waals surface area contributed by atoms with Crippen LogP contribution in [0.5, 0.6) is 0 Å². The van der Waals surface area contributed by atoms with Gasteiger partial charge in [0.25, 0.3) is 0 Å². The molecule has 0 bridgehead atoms. The summed E-state index contributed by atoms with van der Waals surface area (Å²) in [6.45, 7) is 2.61. The van der Waals surface area contributed by atoms with E-state index in [4.69, 9.17) is 10.2 Å². The summed E-state index contributed by atoms with van der Waals surface area (Å²) in [5, 5.41) is 9.34. The van der Waals surface area contributed by atoms with Crippen molar-refractivity contribution in [2.45, 2.75) is 37.2 Å². The van der Waals surface area contributed by atoms with Gasteiger partial charge in [0.2, 0.25) is 5.91 Å². The van der Waals surface area contributed by atoms with Gasteiger partial charge < -0.3 is 10.2 Å². The van der Waals surface area contributed by atoms with Crippen LogP contribution in [0.1, 0.15) is 29.1 Å². The average molecular weight is 356 g/mol. The Kier molecular flexibility index (Phi) is 5.55. The molecule has 7 heteroatoms. The highest BCUT2D eigenvalue weighted by molar-refractivity contribution is 7.98. The smallest absolute Gasteiger partial charge is 0.217 e. The largest absolute Gasteiger partial charge is 0.467 e. The number of carbonyl (C=O) groups excluding carboxylic acids is 1. The normalized spacial score (nSPS) is 10.9. The number of benzene rings is 1. The van der Waals surface area contributed by atoms with E-state index in [9.17, 15) is 4.79 Å². The van der Waals surface area contributed by atoms with E-state index in [0.29, 0.717) is 13.0 Å². The molecule has 0 saturated heterocycles. The van der Waals surface area contributed by atoms with Gasteiger partial charge in [-0.05, 0) is 24.6 Å². The molecule has 6 nitrogen and oxygen atoms in total. The predicted molar refractivity (Wildman–Crippen MR) is 96.1 cm³/mol. The number of aryl methyl sites for hydroxylation is 2. The lowest BCUT2D eigenvalue weighted by Crippen LogP contribution is -2.14. The van der Waals surface area contributed by atoms with E-state index < -0.39 is 0 Å². The minimum Gasteiger partial charge on any atom is -0.467 e. The molecule has 1 amide bonds. The molecule has 0 unspecified atom stereocenters. The molecule has 0 saturated carbocycles. The summed E-state index contributed by atoms with van der Waals surface area (Å²) in [4.78, 5) is 11.1. The number of furan rings is 1. The van der Waals surface area contributed by atoms with Crippen molar-refractivity contribution in [2.75, 3.05) is 0 Å². The highest BCUT2D eigenvalue weighted by Crippen LogP contribution is 2.24. The Morgan fingerprint density at radius 2 is 2.16 bits per heavy atom. The van der Waals surface area contributed by atoms with E-state index in [0.717, 1.165) is 22.5 Å². The van der Waals surface area contributed by atoms with Gasteiger partial charge in [0.05, 0.1) is 12.8 Å². The molecule has 3 aromatic rings. The van der Waals surface area contributed by atoms with Gasteiger partial charge in [-0.25, -0.2) is 0 Å². The first-order chi connectivity index (χ1) is 12.1. The molecule has 0 aliphatic rings. The number of hydrogen-bond donors (Lipinski definition) is 1. The lowest BCUT2D eigenvalue weighted by atomic mass is 10.2. The van der Waals surface area contributed by atoms with Gasteiger partial charge in [-0.2, -0.15) is 0 Å². The zero-order valence-corrected chi connectivity index (χ0v) is 14.8. The highest BCUT2D eigenvalue weighted by Gasteiger charge is 2.15. The van der Waals surface area contributed by atoms with Crippen molar-refractivity contribution >= 4 is 17.7 Å². The molecule has 2 heterocycles. The van der Waals surface area contributed by atoms with Crippen molar-refractivity contribution in [3.05, 3.63) is 65.4 Å². The molecule has 1 aromatic carbocycles. The van der Waals surface area contributed by atoms with Crippen LogP contribution >= 0.6 is 11.8 Å². The van der Waals surface area contributed by atoms with Crippen LogP contribution in [0.4, 0.5) is 0 Å². The SMILES string of the molecule is Cc1cccc(CSc2nnc(CCC(N)=O)n2Cc2ccco2)c1. The molecular formula is C18H20N4O2S. The summed E-state index contributed by atoms with van der Waals surface area (Å²) in [5.74, 6) is 2.01. The second-order valence-electron chi connectivity index (χ2n) is 5.81. The molecule has 0 radical (unpaired) electrons. The molecule has 0 fully saturated rings. The molecule has 25 heavy (non-hydrogen) atoms. The maximum atomic E-state index is 11.1. The average Bonchev–Trinajstić information content (AvgIpc) is 3.22. The third kappa shape index (κ3) is 4.73. The second-order valence-corrected chi connectivity index (χ2v) is 6.75. The Bertz CT molecular complexity index is 843. The molecule has 130 valence electrons. The van der Waals surface area contributed by atoms with Crippen LogP contribution in [-0.4, -0.2) is 20.7 Å². The summed E-state index contributed by atoms with van der Waals surface area (Å²) in [6, 6.07) is 12.2. The summed E-state index contributed by atoms with van der Waals surface area (Å²) in [7, 11) is 0. The quantitative estimate of drug-likeness (QED) is 0.627. The Morgan fingerprint density at radius 1 is 1.28 bits per heavy atom. The zero-order valence-electron chi connectivity index (χ0n) is 14.0. The van der Waals surface area contributed by atoms with Gasteiger partial charge in [0, 0.05) is 18.6 Å². The molecule has 2 N–H and O–H groups in total. The van der Waals surface area contributed by atoms with Crippen LogP contribution in [-0.2, 0) is 23.5 Å². The fourth-order valence-corrected chi connectivity index (χ4v) is 3.41. The van der Waals surface area contributed by atoms with E-state index in [1.165, 1.54) is 11.1 Å². The number of thioether (sulfide) groups is 1. The standard InChI is InChI=1S/C18H20N4O2S/c1-13-4-2-5-14(10-13)12-25-18-21-20-17(8-7-16(19)23)22(18)11-15-6-3-9-24-15/h2-6,9-10H,7-8,11-12H2,1H3,(H2,19,23). The van der Waals surface area contributed by atoms with Gasteiger partial charge in [0.1, 0.15) is 11.6 Å². The first-order valence-corrected chi connectivity index (χ1v) is 9.01. The van der Waals surface area contributed by atoms with Gasteiger partial charge in [0.15, 0.2) is 5.16 Å². The van der Waals surface area contributed by atoms with E-state index in [-0.39, 0.29) is 12.3 Å². The van der Waals surface area contributed by atoms with Gasteiger partial charge in [-0.3, -0.25) is 9.36 Å². The second kappa shape index (κ2) is 8.02. The third-order valence-corrected chi connectivity index (χ3v) is 4.77. The fraction of sp³-hybridized carbons (Fsp3) is 0.278. The Morgan fingerprint density at radius 3 is 2.88 bits per heavy atom. The number of carbonyl (C=O) groups is 1. The molecule has 0 atom stereocenters. The zero-order chi connectivity index (χ0) is 17.6. The van der Waals surface area contributed by atoms with Gasteiger partial charge >= 0.3 is 0 Å². The molecular weight excluding hydrogens is 336 g/mol. The number of amides is 1. The molecule has 0 spiro atoms. The monoisotopic (exact) mass is 356 g/mol. The maximum Gasteiger partial charge on any atom is 0.217 e. The lowest BCUT2D eigenvalue weighted by Gasteiger charge is -2.08. The molecule has 0 aliphatic heterocycles. The van der Waals surface area contributed by atoms with Crippen LogP contribution in [0.15, 0.2) is 52.2 Å². The van der Waals surface area contributed by atoms with Crippen molar-refractivity contribution in [1.29, 1.82) is 0 Å². The van der Waals surface area contributed by atoms with Crippen LogP contribution in [0.25, 0.3) is 0 Å². The molecule has 2 aromatic heterocycles. The van der Waals surface area contributed by atoms with E-state index >= 15 is 0 Å². The van der Waals surface area contributed by atoms with E-state index in [1.54, 1.807) is 18.0 Å². The number of hydrogen-bond acceptors (Lipinski definition) is 5. The Balaban J connectivity index is 1.78. The fourth-order valence-electron chi connectivity index (χ4n) is 2.51. The van der Waals surface area contributed by atoms with Crippen molar-refractivity contribution in [2.24, 2.45) is 5.73 Å².